The molecule has 1 aliphatic rings. The van der Waals surface area contributed by atoms with Crippen LogP contribution in [0.15, 0.2) is 24.3 Å². The molecule has 1 aliphatic heterocycles. The lowest BCUT2D eigenvalue weighted by Gasteiger charge is -2.31. The van der Waals surface area contributed by atoms with E-state index in [4.69, 9.17) is 9.84 Å². The number of piperidine rings is 1. The number of amides is 1. The van der Waals surface area contributed by atoms with Gasteiger partial charge in [0.15, 0.2) is 0 Å². The molecule has 1 saturated heterocycles. The van der Waals surface area contributed by atoms with Crippen LogP contribution in [0.5, 0.6) is 5.75 Å². The van der Waals surface area contributed by atoms with Gasteiger partial charge in [-0.2, -0.15) is 0 Å². The van der Waals surface area contributed by atoms with Crippen LogP contribution in [0.25, 0.3) is 0 Å². The highest BCUT2D eigenvalue weighted by Crippen LogP contribution is 2.22. The fourth-order valence-corrected chi connectivity index (χ4v) is 2.55. The third-order valence-corrected chi connectivity index (χ3v) is 3.76. The zero-order chi connectivity index (χ0) is 13.7. The number of rotatable bonds is 4. The number of likely N-dealkylation sites (tertiary alicyclic amines) is 1. The molecule has 0 aromatic heterocycles. The quantitative estimate of drug-likeness (QED) is 0.903. The summed E-state index contributed by atoms with van der Waals surface area (Å²) in [5, 5.41) is 8.93. The predicted octanol–water partition coefficient (Wildman–Crippen LogP) is 1.93. The Morgan fingerprint density at radius 1 is 1.42 bits per heavy atom. The summed E-state index contributed by atoms with van der Waals surface area (Å²) in [5.74, 6) is 1.33. The lowest BCUT2D eigenvalue weighted by molar-refractivity contribution is 0.0678. The second-order valence-electron chi connectivity index (χ2n) is 4.98. The summed E-state index contributed by atoms with van der Waals surface area (Å²) in [6.45, 7) is 1.80. The number of hydrogen-bond donors (Lipinski definition) is 1. The molecule has 104 valence electrons. The van der Waals surface area contributed by atoms with E-state index in [-0.39, 0.29) is 12.5 Å². The van der Waals surface area contributed by atoms with Crippen LogP contribution in [-0.2, 0) is 0 Å². The van der Waals surface area contributed by atoms with Crippen molar-refractivity contribution in [1.82, 2.24) is 4.90 Å². The Morgan fingerprint density at radius 2 is 2.16 bits per heavy atom. The van der Waals surface area contributed by atoms with Gasteiger partial charge >= 0.3 is 0 Å². The Bertz CT molecular complexity index is 425. The maximum absolute atomic E-state index is 12.4. The summed E-state index contributed by atoms with van der Waals surface area (Å²) < 4.78 is 5.14. The van der Waals surface area contributed by atoms with E-state index in [1.165, 1.54) is 0 Å². The van der Waals surface area contributed by atoms with Gasteiger partial charge in [0.1, 0.15) is 5.75 Å². The molecule has 0 unspecified atom stereocenters. The highest BCUT2D eigenvalue weighted by atomic mass is 16.5. The monoisotopic (exact) mass is 263 g/mol. The van der Waals surface area contributed by atoms with E-state index >= 15 is 0 Å². The van der Waals surface area contributed by atoms with Crippen LogP contribution in [0.2, 0.25) is 0 Å². The molecule has 4 nitrogen and oxygen atoms in total. The Labute approximate surface area is 114 Å². The zero-order valence-corrected chi connectivity index (χ0v) is 11.3. The summed E-state index contributed by atoms with van der Waals surface area (Å²) in [7, 11) is 1.60. The van der Waals surface area contributed by atoms with Crippen LogP contribution in [0.1, 0.15) is 29.6 Å². The highest BCUT2D eigenvalue weighted by Gasteiger charge is 2.23. The number of carbonyl (C=O) groups is 1. The Kier molecular flexibility index (Phi) is 4.80. The first-order valence-electron chi connectivity index (χ1n) is 6.78. The third-order valence-electron chi connectivity index (χ3n) is 3.76. The van der Waals surface area contributed by atoms with Gasteiger partial charge in [-0.15, -0.1) is 0 Å². The maximum atomic E-state index is 12.4. The second kappa shape index (κ2) is 6.57. The van der Waals surface area contributed by atoms with Crippen LogP contribution in [-0.4, -0.2) is 42.7 Å². The third kappa shape index (κ3) is 3.47. The summed E-state index contributed by atoms with van der Waals surface area (Å²) in [6.07, 6.45) is 2.81. The lowest BCUT2D eigenvalue weighted by atomic mass is 9.93. The van der Waals surface area contributed by atoms with Gasteiger partial charge in [0, 0.05) is 25.3 Å². The van der Waals surface area contributed by atoms with Crippen LogP contribution in [0.4, 0.5) is 0 Å². The molecule has 1 amide bonds. The first-order valence-corrected chi connectivity index (χ1v) is 6.78. The van der Waals surface area contributed by atoms with E-state index in [1.54, 1.807) is 13.2 Å². The van der Waals surface area contributed by atoms with Crippen LogP contribution in [0.3, 0.4) is 0 Å². The number of benzene rings is 1. The molecule has 0 bridgehead atoms. The fourth-order valence-electron chi connectivity index (χ4n) is 2.55. The average molecular weight is 263 g/mol. The first kappa shape index (κ1) is 13.9. The minimum Gasteiger partial charge on any atom is -0.497 e. The topological polar surface area (TPSA) is 49.8 Å². The number of carbonyl (C=O) groups excluding carboxylic acids is 1. The van der Waals surface area contributed by atoms with Crippen molar-refractivity contribution >= 4 is 5.91 Å². The molecule has 1 aromatic rings. The summed E-state index contributed by atoms with van der Waals surface area (Å²) in [5.41, 5.74) is 0.681. The molecule has 19 heavy (non-hydrogen) atoms. The van der Waals surface area contributed by atoms with E-state index < -0.39 is 0 Å². The summed E-state index contributed by atoms with van der Waals surface area (Å²) in [4.78, 5) is 14.2. The van der Waals surface area contributed by atoms with E-state index in [2.05, 4.69) is 0 Å². The smallest absolute Gasteiger partial charge is 0.253 e. The SMILES string of the molecule is COc1cccc(C(=O)N2CCC(CCO)CC2)c1. The molecule has 1 aromatic carbocycles. The summed E-state index contributed by atoms with van der Waals surface area (Å²) in [6, 6.07) is 7.28. The molecule has 0 atom stereocenters. The van der Waals surface area contributed by atoms with Crippen molar-refractivity contribution in [1.29, 1.82) is 0 Å². The van der Waals surface area contributed by atoms with Crippen molar-refractivity contribution in [3.63, 3.8) is 0 Å². The largest absolute Gasteiger partial charge is 0.497 e. The predicted molar refractivity (Wildman–Crippen MR) is 73.3 cm³/mol. The van der Waals surface area contributed by atoms with Crippen LogP contribution >= 0.6 is 0 Å². The minimum absolute atomic E-state index is 0.0707. The molecule has 2 rings (SSSR count). The Balaban J connectivity index is 1.97. The van der Waals surface area contributed by atoms with E-state index in [9.17, 15) is 4.79 Å². The fraction of sp³-hybridized carbons (Fsp3) is 0.533. The normalized spacial score (nSPS) is 16.4. The van der Waals surface area contributed by atoms with Crippen molar-refractivity contribution in [2.75, 3.05) is 26.8 Å². The van der Waals surface area contributed by atoms with E-state index in [0.717, 1.165) is 32.4 Å². The van der Waals surface area contributed by atoms with Gasteiger partial charge in [-0.05, 0) is 43.4 Å². The first-order chi connectivity index (χ1) is 9.24. The lowest BCUT2D eigenvalue weighted by Crippen LogP contribution is -2.38. The number of aliphatic hydroxyl groups excluding tert-OH is 1. The number of hydrogen-bond acceptors (Lipinski definition) is 3. The molecule has 0 saturated carbocycles. The van der Waals surface area contributed by atoms with Gasteiger partial charge in [-0.1, -0.05) is 6.07 Å². The molecule has 1 N–H and O–H groups in total. The molecule has 0 spiro atoms. The standard InChI is InChI=1S/C15H21NO3/c1-19-14-4-2-3-13(11-14)15(18)16-8-5-12(6-9-16)7-10-17/h2-4,11-12,17H,5-10H2,1H3. The van der Waals surface area contributed by atoms with Crippen molar-refractivity contribution < 1.29 is 14.6 Å². The average Bonchev–Trinajstić information content (AvgIpc) is 2.48. The van der Waals surface area contributed by atoms with Crippen molar-refractivity contribution in [2.24, 2.45) is 5.92 Å². The number of ether oxygens (including phenoxy) is 1. The van der Waals surface area contributed by atoms with Gasteiger partial charge in [0.05, 0.1) is 7.11 Å². The second-order valence-corrected chi connectivity index (χ2v) is 4.98. The Hall–Kier alpha value is -1.55. The molecular formula is C15H21NO3. The van der Waals surface area contributed by atoms with Crippen molar-refractivity contribution in [3.05, 3.63) is 29.8 Å². The van der Waals surface area contributed by atoms with Gasteiger partial charge < -0.3 is 14.7 Å². The van der Waals surface area contributed by atoms with Gasteiger partial charge in [-0.25, -0.2) is 0 Å². The van der Waals surface area contributed by atoms with Crippen LogP contribution < -0.4 is 4.74 Å². The van der Waals surface area contributed by atoms with Crippen molar-refractivity contribution in [3.8, 4) is 5.75 Å². The molecular weight excluding hydrogens is 242 g/mol. The number of nitrogens with zero attached hydrogens (tertiary/aromatic N) is 1. The minimum atomic E-state index is 0.0707. The molecule has 4 heteroatoms. The molecule has 0 aliphatic carbocycles. The van der Waals surface area contributed by atoms with Crippen LogP contribution in [0, 0.1) is 5.92 Å². The van der Waals surface area contributed by atoms with Gasteiger partial charge in [-0.3, -0.25) is 4.79 Å². The van der Waals surface area contributed by atoms with Gasteiger partial charge in [0.25, 0.3) is 5.91 Å². The number of methoxy groups -OCH3 is 1. The van der Waals surface area contributed by atoms with Gasteiger partial charge in [0.2, 0.25) is 0 Å². The highest BCUT2D eigenvalue weighted by molar-refractivity contribution is 5.94. The molecule has 1 heterocycles. The molecule has 0 radical (unpaired) electrons. The maximum Gasteiger partial charge on any atom is 0.253 e. The zero-order valence-electron chi connectivity index (χ0n) is 11.3. The Morgan fingerprint density at radius 3 is 2.79 bits per heavy atom. The molecule has 1 fully saturated rings. The van der Waals surface area contributed by atoms with E-state index in [0.29, 0.717) is 17.2 Å². The number of aliphatic hydroxyl groups is 1. The van der Waals surface area contributed by atoms with Crippen molar-refractivity contribution in [2.45, 2.75) is 19.3 Å². The van der Waals surface area contributed by atoms with E-state index in [1.807, 2.05) is 23.1 Å². The summed E-state index contributed by atoms with van der Waals surface area (Å²) >= 11 is 0.